The third-order valence-corrected chi connectivity index (χ3v) is 5.15. The van der Waals surface area contributed by atoms with Crippen LogP contribution in [0, 0.1) is 0 Å². The number of guanidine groups is 1. The molecule has 1 aromatic rings. The Morgan fingerprint density at radius 2 is 2.04 bits per heavy atom. The zero-order valence-corrected chi connectivity index (χ0v) is 16.3. The van der Waals surface area contributed by atoms with Gasteiger partial charge >= 0.3 is 12.0 Å². The Hall–Kier alpha value is -2.94. The van der Waals surface area contributed by atoms with E-state index in [4.69, 9.17) is 9.47 Å². The van der Waals surface area contributed by atoms with Gasteiger partial charge in [-0.3, -0.25) is 14.6 Å². The highest BCUT2D eigenvalue weighted by molar-refractivity contribution is 6.24. The lowest BCUT2D eigenvalue weighted by Crippen LogP contribution is -2.61. The number of ether oxygens (including phenoxy) is 2. The molecule has 0 saturated carbocycles. The zero-order valence-electron chi connectivity index (χ0n) is 16.3. The number of nitrogens with zero attached hydrogens (tertiary/aromatic N) is 5. The highest BCUT2D eigenvalue weighted by Crippen LogP contribution is 2.28. The van der Waals surface area contributed by atoms with E-state index in [2.05, 4.69) is 4.99 Å². The lowest BCUT2D eigenvalue weighted by molar-refractivity contribution is -0.525. The van der Waals surface area contributed by atoms with Crippen LogP contribution >= 0.6 is 0 Å². The van der Waals surface area contributed by atoms with Crippen molar-refractivity contribution in [2.24, 2.45) is 4.99 Å². The zero-order chi connectivity index (χ0) is 19.8. The van der Waals surface area contributed by atoms with Crippen LogP contribution in [0.5, 0.6) is 5.75 Å². The Morgan fingerprint density at radius 1 is 1.21 bits per heavy atom. The summed E-state index contributed by atoms with van der Waals surface area (Å²) in [5.41, 5.74) is 0.934. The van der Waals surface area contributed by atoms with Crippen molar-refractivity contribution in [2.75, 3.05) is 51.9 Å². The monoisotopic (exact) mass is 386 g/mol. The summed E-state index contributed by atoms with van der Waals surface area (Å²) in [6, 6.07) is 6.86. The van der Waals surface area contributed by atoms with Crippen molar-refractivity contribution in [2.45, 2.75) is 13.0 Å². The van der Waals surface area contributed by atoms with E-state index in [-0.39, 0.29) is 11.9 Å². The van der Waals surface area contributed by atoms with Gasteiger partial charge in [-0.05, 0) is 19.1 Å². The molecule has 0 radical (unpaired) electrons. The topological polar surface area (TPSA) is 77.7 Å². The van der Waals surface area contributed by atoms with E-state index in [0.717, 1.165) is 16.3 Å². The van der Waals surface area contributed by atoms with Gasteiger partial charge in [-0.1, -0.05) is 11.1 Å². The van der Waals surface area contributed by atoms with Crippen LogP contribution < -0.4 is 9.64 Å². The first-order valence-electron chi connectivity index (χ1n) is 9.38. The first kappa shape index (κ1) is 18.4. The van der Waals surface area contributed by atoms with Crippen LogP contribution in [-0.4, -0.2) is 91.2 Å². The SMILES string of the molecule is CCOCCOc1cccc(N2CC[N+]3=C2N=C2C3C(=O)N(C)C(=O)N2C)c1. The number of fused-ring (bicyclic) bond motifs is 2. The summed E-state index contributed by atoms with van der Waals surface area (Å²) in [6.45, 7) is 5.01. The van der Waals surface area contributed by atoms with Crippen LogP contribution in [0.15, 0.2) is 29.3 Å². The van der Waals surface area contributed by atoms with Gasteiger partial charge in [-0.15, -0.1) is 0 Å². The van der Waals surface area contributed by atoms with Gasteiger partial charge in [0.2, 0.25) is 11.9 Å². The number of amidine groups is 1. The van der Waals surface area contributed by atoms with E-state index in [9.17, 15) is 9.59 Å². The number of hydrogen-bond donors (Lipinski definition) is 0. The molecule has 1 aromatic carbocycles. The molecule has 3 aliphatic heterocycles. The number of rotatable bonds is 6. The smallest absolute Gasteiger partial charge is 0.397 e. The van der Waals surface area contributed by atoms with Gasteiger partial charge in [-0.25, -0.2) is 14.3 Å². The Labute approximate surface area is 163 Å². The summed E-state index contributed by atoms with van der Waals surface area (Å²) >= 11 is 0. The van der Waals surface area contributed by atoms with Crippen molar-refractivity contribution in [3.63, 3.8) is 0 Å². The Kier molecular flexibility index (Phi) is 4.76. The summed E-state index contributed by atoms with van der Waals surface area (Å²) in [4.78, 5) is 34.2. The molecule has 1 fully saturated rings. The molecule has 3 aliphatic rings. The van der Waals surface area contributed by atoms with E-state index in [1.807, 2.05) is 40.7 Å². The molecule has 0 aromatic heterocycles. The molecule has 28 heavy (non-hydrogen) atoms. The van der Waals surface area contributed by atoms with E-state index in [0.29, 0.717) is 44.7 Å². The van der Waals surface area contributed by atoms with Crippen LogP contribution in [0.2, 0.25) is 0 Å². The minimum Gasteiger partial charge on any atom is -0.491 e. The molecule has 9 nitrogen and oxygen atoms in total. The number of amides is 3. The molecular weight excluding hydrogens is 362 g/mol. The number of likely N-dealkylation sites (N-methyl/N-ethyl adjacent to an activating group) is 2. The summed E-state index contributed by atoms with van der Waals surface area (Å²) in [5.74, 6) is 1.68. The molecule has 1 atom stereocenters. The fourth-order valence-corrected chi connectivity index (χ4v) is 3.69. The van der Waals surface area contributed by atoms with Gasteiger partial charge in [0.1, 0.15) is 24.6 Å². The first-order valence-corrected chi connectivity index (χ1v) is 9.38. The van der Waals surface area contributed by atoms with Crippen molar-refractivity contribution in [1.82, 2.24) is 9.80 Å². The number of benzene rings is 1. The normalized spacial score (nSPS) is 21.3. The Morgan fingerprint density at radius 3 is 2.82 bits per heavy atom. The first-order chi connectivity index (χ1) is 13.5. The van der Waals surface area contributed by atoms with E-state index in [1.54, 1.807) is 7.05 Å². The lowest BCUT2D eigenvalue weighted by atomic mass is 10.1. The molecule has 3 heterocycles. The maximum Gasteiger partial charge on any atom is 0.397 e. The van der Waals surface area contributed by atoms with Gasteiger partial charge in [-0.2, -0.15) is 0 Å². The Bertz CT molecular complexity index is 881. The maximum atomic E-state index is 12.7. The lowest BCUT2D eigenvalue weighted by Gasteiger charge is -2.31. The van der Waals surface area contributed by atoms with E-state index in [1.165, 1.54) is 11.9 Å². The average molecular weight is 386 g/mol. The summed E-state index contributed by atoms with van der Waals surface area (Å²) < 4.78 is 13.0. The van der Waals surface area contributed by atoms with Gasteiger partial charge in [0.25, 0.3) is 5.91 Å². The van der Waals surface area contributed by atoms with Crippen LogP contribution in [0.25, 0.3) is 0 Å². The van der Waals surface area contributed by atoms with E-state index < -0.39 is 6.04 Å². The predicted molar refractivity (Wildman–Crippen MR) is 103 cm³/mol. The number of anilines is 1. The van der Waals surface area contributed by atoms with Gasteiger partial charge in [0.05, 0.1) is 13.2 Å². The van der Waals surface area contributed by atoms with Crippen molar-refractivity contribution in [3.05, 3.63) is 24.3 Å². The highest BCUT2D eigenvalue weighted by atomic mass is 16.5. The molecule has 3 amide bonds. The fourth-order valence-electron chi connectivity index (χ4n) is 3.69. The second kappa shape index (κ2) is 7.23. The van der Waals surface area contributed by atoms with Crippen molar-refractivity contribution in [3.8, 4) is 5.75 Å². The second-order valence-electron chi connectivity index (χ2n) is 6.80. The molecule has 148 valence electrons. The quantitative estimate of drug-likeness (QED) is 0.528. The van der Waals surface area contributed by atoms with Gasteiger partial charge in [0, 0.05) is 26.8 Å². The van der Waals surface area contributed by atoms with Crippen molar-refractivity contribution < 1.29 is 23.6 Å². The van der Waals surface area contributed by atoms with Gasteiger partial charge < -0.3 is 9.47 Å². The second-order valence-corrected chi connectivity index (χ2v) is 6.80. The van der Waals surface area contributed by atoms with Crippen LogP contribution in [-0.2, 0) is 9.53 Å². The minimum atomic E-state index is -0.543. The molecular formula is C19H24N5O4+. The number of urea groups is 1. The number of imide groups is 1. The molecule has 0 N–H and O–H groups in total. The number of carbonyl (C=O) groups excluding carboxylic acids is 2. The van der Waals surface area contributed by atoms with Crippen LogP contribution in [0.3, 0.4) is 0 Å². The van der Waals surface area contributed by atoms with Gasteiger partial charge in [0.15, 0.2) is 0 Å². The summed E-state index contributed by atoms with van der Waals surface area (Å²) in [7, 11) is 3.16. The number of carbonyl (C=O) groups is 2. The van der Waals surface area contributed by atoms with Crippen molar-refractivity contribution in [1.29, 1.82) is 0 Å². The fraction of sp³-hybridized carbons (Fsp3) is 0.474. The maximum absolute atomic E-state index is 12.7. The molecule has 0 spiro atoms. The van der Waals surface area contributed by atoms with Crippen LogP contribution in [0.1, 0.15) is 6.92 Å². The third-order valence-electron chi connectivity index (χ3n) is 5.15. The minimum absolute atomic E-state index is 0.244. The standard InChI is InChI=1S/C19H24N5O4/c1-4-27-10-11-28-14-7-5-6-13(12-14)23-8-9-24-15-16(20-18(23)24)21(2)19(26)22(3)17(15)25/h5-7,12,15H,4,8-11H2,1-3H3/q+1. The largest absolute Gasteiger partial charge is 0.491 e. The predicted octanol–water partition coefficient (Wildman–Crippen LogP) is 0.595. The van der Waals surface area contributed by atoms with Crippen LogP contribution in [0.4, 0.5) is 10.5 Å². The Balaban J connectivity index is 1.58. The van der Waals surface area contributed by atoms with E-state index >= 15 is 0 Å². The molecule has 0 bridgehead atoms. The summed E-state index contributed by atoms with van der Waals surface area (Å²) in [5, 5.41) is 0. The number of hydrogen-bond acceptors (Lipinski definition) is 6. The molecule has 0 aliphatic carbocycles. The molecule has 4 rings (SSSR count). The summed E-state index contributed by atoms with van der Waals surface area (Å²) in [6.07, 6.45) is 0. The highest BCUT2D eigenvalue weighted by Gasteiger charge is 2.54. The molecule has 9 heteroatoms. The third kappa shape index (κ3) is 2.91. The molecule has 1 unspecified atom stereocenters. The average Bonchev–Trinajstić information content (AvgIpc) is 3.27. The molecule has 1 saturated heterocycles. The number of aliphatic imine (C=N–C) groups is 1. The van der Waals surface area contributed by atoms with Crippen molar-refractivity contribution >= 4 is 29.4 Å².